The first-order valence-electron chi connectivity index (χ1n) is 7.42. The van der Waals surface area contributed by atoms with Crippen molar-refractivity contribution >= 4 is 28.8 Å². The van der Waals surface area contributed by atoms with E-state index in [2.05, 4.69) is 21.2 Å². The number of aryl methyl sites for hydroxylation is 1. The van der Waals surface area contributed by atoms with Gasteiger partial charge in [-0.1, -0.05) is 0 Å². The molecule has 1 fully saturated rings. The summed E-state index contributed by atoms with van der Waals surface area (Å²) < 4.78 is 4.24. The Kier molecular flexibility index (Phi) is 4.85. The molecule has 3 rings (SSSR count). The number of carboxylic acid groups (broad SMARTS) is 1. The Morgan fingerprint density at radius 3 is 3.09 bits per heavy atom. The number of aromatic carboxylic acids is 1. The van der Waals surface area contributed by atoms with Crippen molar-refractivity contribution in [2.24, 2.45) is 5.92 Å². The van der Waals surface area contributed by atoms with Crippen molar-refractivity contribution in [2.45, 2.75) is 32.7 Å². The van der Waals surface area contributed by atoms with E-state index < -0.39 is 5.97 Å². The average Bonchev–Trinajstić information content (AvgIpc) is 3.10. The van der Waals surface area contributed by atoms with Crippen LogP contribution in [0.3, 0.4) is 0 Å². The number of carboxylic acids is 1. The summed E-state index contributed by atoms with van der Waals surface area (Å²) in [7, 11) is 0. The van der Waals surface area contributed by atoms with E-state index in [9.17, 15) is 4.79 Å². The second-order valence-corrected chi connectivity index (χ2v) is 7.64. The Morgan fingerprint density at radius 1 is 1.55 bits per heavy atom. The van der Waals surface area contributed by atoms with Gasteiger partial charge >= 0.3 is 5.97 Å². The summed E-state index contributed by atoms with van der Waals surface area (Å²) in [4.78, 5) is 18.9. The number of piperidine rings is 1. The number of carbonyl (C=O) groups is 1. The zero-order valence-corrected chi connectivity index (χ0v) is 14.1. The maximum absolute atomic E-state index is 10.9. The lowest BCUT2D eigenvalue weighted by Gasteiger charge is -2.32. The molecule has 0 saturated carbocycles. The molecule has 0 amide bonds. The summed E-state index contributed by atoms with van der Waals surface area (Å²) in [6.45, 7) is 5.28. The highest BCUT2D eigenvalue weighted by Gasteiger charge is 2.22. The van der Waals surface area contributed by atoms with Crippen LogP contribution >= 0.6 is 22.9 Å². The first-order valence-corrected chi connectivity index (χ1v) is 9.07. The van der Waals surface area contributed by atoms with Gasteiger partial charge in [-0.25, -0.2) is 14.2 Å². The third-order valence-electron chi connectivity index (χ3n) is 4.05. The van der Waals surface area contributed by atoms with Crippen LogP contribution in [0.1, 0.15) is 38.8 Å². The van der Waals surface area contributed by atoms with E-state index in [1.807, 2.05) is 6.20 Å². The molecule has 5 nitrogen and oxygen atoms in total. The molecule has 1 N–H and O–H groups in total. The molecule has 1 unspecified atom stereocenters. The average molecular weight is 337 g/mol. The normalized spacial score (nSPS) is 19.4. The molecule has 0 aromatic carbocycles. The Hall–Kier alpha value is -1.31. The Balaban J connectivity index is 1.58. The molecule has 22 heavy (non-hydrogen) atoms. The van der Waals surface area contributed by atoms with Gasteiger partial charge in [0.25, 0.3) is 0 Å². The van der Waals surface area contributed by atoms with E-state index in [1.165, 1.54) is 34.6 Å². The molecule has 0 spiro atoms. The zero-order valence-electron chi connectivity index (χ0n) is 12.5. The van der Waals surface area contributed by atoms with Gasteiger partial charge in [0.15, 0.2) is 5.69 Å². The van der Waals surface area contributed by atoms with Gasteiger partial charge in [0, 0.05) is 36.0 Å². The molecule has 1 aliphatic rings. The highest BCUT2D eigenvalue weighted by molar-refractivity contribution is 7.09. The Bertz CT molecular complexity index is 653. The van der Waals surface area contributed by atoms with E-state index in [4.69, 9.17) is 5.11 Å². The van der Waals surface area contributed by atoms with Crippen LogP contribution in [-0.4, -0.2) is 38.4 Å². The molecule has 118 valence electrons. The fourth-order valence-electron chi connectivity index (χ4n) is 2.88. The molecule has 2 aromatic heterocycles. The predicted octanol–water partition coefficient (Wildman–Crippen LogP) is 3.06. The van der Waals surface area contributed by atoms with E-state index in [-0.39, 0.29) is 5.69 Å². The molecular weight excluding hydrogens is 318 g/mol. The second kappa shape index (κ2) is 6.85. The maximum Gasteiger partial charge on any atom is 0.355 e. The smallest absolute Gasteiger partial charge is 0.355 e. The van der Waals surface area contributed by atoms with E-state index >= 15 is 0 Å². The van der Waals surface area contributed by atoms with Crippen LogP contribution in [0.4, 0.5) is 0 Å². The van der Waals surface area contributed by atoms with Crippen molar-refractivity contribution in [3.8, 4) is 0 Å². The standard InChI is InChI=1S/C15H19N3O2S2/c1-10-6-16-22-13(10)8-18-4-2-3-11(7-18)5-14-17-12(9-21-14)15(19)20/h6,9,11H,2-5,7-8H2,1H3,(H,19,20). The summed E-state index contributed by atoms with van der Waals surface area (Å²) in [6.07, 6.45) is 5.21. The third-order valence-corrected chi connectivity index (χ3v) is 5.81. The molecule has 1 aliphatic heterocycles. The Labute approximate surface area is 137 Å². The van der Waals surface area contributed by atoms with Gasteiger partial charge in [-0.05, 0) is 49.3 Å². The summed E-state index contributed by atoms with van der Waals surface area (Å²) in [6, 6.07) is 0. The summed E-state index contributed by atoms with van der Waals surface area (Å²) in [5.41, 5.74) is 1.45. The summed E-state index contributed by atoms with van der Waals surface area (Å²) in [5.74, 6) is -0.372. The topological polar surface area (TPSA) is 66.3 Å². The fourth-order valence-corrected chi connectivity index (χ4v) is 4.54. The fraction of sp³-hybridized carbons (Fsp3) is 0.533. The molecule has 0 bridgehead atoms. The Morgan fingerprint density at radius 2 is 2.41 bits per heavy atom. The molecule has 3 heterocycles. The molecule has 1 atom stereocenters. The molecule has 1 saturated heterocycles. The number of hydrogen-bond donors (Lipinski definition) is 1. The molecule has 2 aromatic rings. The minimum atomic E-state index is -0.937. The quantitative estimate of drug-likeness (QED) is 0.908. The molecule has 0 radical (unpaired) electrons. The van der Waals surface area contributed by atoms with Crippen molar-refractivity contribution in [3.05, 3.63) is 32.7 Å². The van der Waals surface area contributed by atoms with Gasteiger partial charge in [0.1, 0.15) is 0 Å². The molecule has 0 aliphatic carbocycles. The monoisotopic (exact) mass is 337 g/mol. The van der Waals surface area contributed by atoms with Gasteiger partial charge in [-0.2, -0.15) is 0 Å². The lowest BCUT2D eigenvalue weighted by Crippen LogP contribution is -2.35. The van der Waals surface area contributed by atoms with Gasteiger partial charge in [0.05, 0.1) is 5.01 Å². The van der Waals surface area contributed by atoms with Gasteiger partial charge in [-0.3, -0.25) is 4.90 Å². The number of aromatic nitrogens is 2. The van der Waals surface area contributed by atoms with Crippen LogP contribution in [0.15, 0.2) is 11.6 Å². The number of rotatable bonds is 5. The van der Waals surface area contributed by atoms with E-state index in [0.717, 1.165) is 31.1 Å². The summed E-state index contributed by atoms with van der Waals surface area (Å²) >= 11 is 3.05. The highest BCUT2D eigenvalue weighted by Crippen LogP contribution is 2.25. The second-order valence-electron chi connectivity index (χ2n) is 5.81. The first kappa shape index (κ1) is 15.6. The van der Waals surface area contributed by atoms with Crippen molar-refractivity contribution in [1.29, 1.82) is 0 Å². The number of likely N-dealkylation sites (tertiary alicyclic amines) is 1. The van der Waals surface area contributed by atoms with Crippen LogP contribution < -0.4 is 0 Å². The highest BCUT2D eigenvalue weighted by atomic mass is 32.1. The lowest BCUT2D eigenvalue weighted by atomic mass is 9.95. The van der Waals surface area contributed by atoms with Crippen molar-refractivity contribution in [3.63, 3.8) is 0 Å². The zero-order chi connectivity index (χ0) is 15.5. The van der Waals surface area contributed by atoms with E-state index in [0.29, 0.717) is 5.92 Å². The minimum Gasteiger partial charge on any atom is -0.476 e. The van der Waals surface area contributed by atoms with Crippen LogP contribution in [-0.2, 0) is 13.0 Å². The van der Waals surface area contributed by atoms with Crippen molar-refractivity contribution < 1.29 is 9.90 Å². The number of thiazole rings is 1. The molecular formula is C15H19N3O2S2. The number of hydrogen-bond acceptors (Lipinski definition) is 6. The minimum absolute atomic E-state index is 0.174. The summed E-state index contributed by atoms with van der Waals surface area (Å²) in [5, 5.41) is 11.5. The van der Waals surface area contributed by atoms with Gasteiger partial charge < -0.3 is 5.11 Å². The largest absolute Gasteiger partial charge is 0.476 e. The van der Waals surface area contributed by atoms with Crippen LogP contribution in [0, 0.1) is 12.8 Å². The van der Waals surface area contributed by atoms with Crippen molar-refractivity contribution in [2.75, 3.05) is 13.1 Å². The van der Waals surface area contributed by atoms with Crippen LogP contribution in [0.25, 0.3) is 0 Å². The van der Waals surface area contributed by atoms with Crippen LogP contribution in [0.5, 0.6) is 0 Å². The predicted molar refractivity (Wildman–Crippen MR) is 87.6 cm³/mol. The third kappa shape index (κ3) is 3.71. The maximum atomic E-state index is 10.9. The van der Waals surface area contributed by atoms with Gasteiger partial charge in [0.2, 0.25) is 0 Å². The van der Waals surface area contributed by atoms with Crippen LogP contribution in [0.2, 0.25) is 0 Å². The SMILES string of the molecule is Cc1cnsc1CN1CCCC(Cc2nc(C(=O)O)cs2)C1. The van der Waals surface area contributed by atoms with Gasteiger partial charge in [-0.15, -0.1) is 11.3 Å². The molecule has 7 heteroatoms. The first-order chi connectivity index (χ1) is 10.6. The lowest BCUT2D eigenvalue weighted by molar-refractivity contribution is 0.0691. The number of nitrogens with zero attached hydrogens (tertiary/aromatic N) is 3. The van der Waals surface area contributed by atoms with Crippen molar-refractivity contribution in [1.82, 2.24) is 14.3 Å². The van der Waals surface area contributed by atoms with E-state index in [1.54, 1.807) is 16.9 Å².